The molecule has 0 fully saturated rings. The average molecular weight is 226 g/mol. The van der Waals surface area contributed by atoms with Gasteiger partial charge in [-0.05, 0) is 45.3 Å². The lowest BCUT2D eigenvalue weighted by atomic mass is 10.0. The molecule has 0 aromatic heterocycles. The molecule has 0 amide bonds. The molecule has 0 aromatic rings. The zero-order valence-corrected chi connectivity index (χ0v) is 9.48. The van der Waals surface area contributed by atoms with Gasteiger partial charge in [0.05, 0.1) is 6.54 Å². The SMILES string of the molecule is CC(CCN)CCCN(C)CC(F)(F)F. The summed E-state index contributed by atoms with van der Waals surface area (Å²) in [5.74, 6) is 0.509. The van der Waals surface area contributed by atoms with E-state index in [4.69, 9.17) is 5.73 Å². The third kappa shape index (κ3) is 10.0. The second-order valence-corrected chi connectivity index (χ2v) is 4.18. The van der Waals surface area contributed by atoms with E-state index >= 15 is 0 Å². The molecule has 0 aliphatic carbocycles. The Morgan fingerprint density at radius 3 is 2.33 bits per heavy atom. The maximum absolute atomic E-state index is 12.0. The predicted octanol–water partition coefficient (Wildman–Crippen LogP) is 2.25. The van der Waals surface area contributed by atoms with Gasteiger partial charge >= 0.3 is 6.18 Å². The van der Waals surface area contributed by atoms with Crippen LogP contribution in [0.2, 0.25) is 0 Å². The summed E-state index contributed by atoms with van der Waals surface area (Å²) in [6, 6.07) is 0. The minimum Gasteiger partial charge on any atom is -0.330 e. The lowest BCUT2D eigenvalue weighted by Gasteiger charge is -2.19. The van der Waals surface area contributed by atoms with Gasteiger partial charge in [0.2, 0.25) is 0 Å². The zero-order valence-electron chi connectivity index (χ0n) is 9.48. The van der Waals surface area contributed by atoms with E-state index in [1.807, 2.05) is 0 Å². The number of nitrogens with two attached hydrogens (primary N) is 1. The lowest BCUT2D eigenvalue weighted by Crippen LogP contribution is -2.31. The maximum Gasteiger partial charge on any atom is 0.401 e. The molecule has 1 unspecified atom stereocenters. The molecule has 0 aromatic carbocycles. The minimum absolute atomic E-state index is 0.494. The smallest absolute Gasteiger partial charge is 0.330 e. The first kappa shape index (κ1) is 14.7. The molecule has 92 valence electrons. The van der Waals surface area contributed by atoms with Gasteiger partial charge in [-0.25, -0.2) is 0 Å². The summed E-state index contributed by atoms with van der Waals surface area (Å²) in [5.41, 5.74) is 5.39. The first-order chi connectivity index (χ1) is 6.85. The van der Waals surface area contributed by atoms with E-state index in [0.717, 1.165) is 19.3 Å². The van der Waals surface area contributed by atoms with Crippen LogP contribution in [-0.4, -0.2) is 37.8 Å². The third-order valence-electron chi connectivity index (χ3n) is 2.35. The van der Waals surface area contributed by atoms with Crippen LogP contribution in [0.5, 0.6) is 0 Å². The third-order valence-corrected chi connectivity index (χ3v) is 2.35. The maximum atomic E-state index is 12.0. The van der Waals surface area contributed by atoms with Crippen LogP contribution in [0.25, 0.3) is 0 Å². The molecule has 2 N–H and O–H groups in total. The number of rotatable bonds is 7. The molecular weight excluding hydrogens is 205 g/mol. The summed E-state index contributed by atoms with van der Waals surface area (Å²) < 4.78 is 35.9. The highest BCUT2D eigenvalue weighted by Crippen LogP contribution is 2.16. The zero-order chi connectivity index (χ0) is 11.9. The van der Waals surface area contributed by atoms with Crippen molar-refractivity contribution in [2.45, 2.75) is 32.4 Å². The molecule has 0 aliphatic heterocycles. The van der Waals surface area contributed by atoms with Gasteiger partial charge in [0.15, 0.2) is 0 Å². The standard InChI is InChI=1S/C10H21F3N2/c1-9(5-6-14)4-3-7-15(2)8-10(11,12)13/h9H,3-8,14H2,1-2H3. The normalized spacial score (nSPS) is 14.6. The van der Waals surface area contributed by atoms with Crippen LogP contribution in [0.1, 0.15) is 26.2 Å². The Kier molecular flexibility index (Phi) is 6.92. The lowest BCUT2D eigenvalue weighted by molar-refractivity contribution is -0.143. The van der Waals surface area contributed by atoms with Crippen LogP contribution >= 0.6 is 0 Å². The van der Waals surface area contributed by atoms with Gasteiger partial charge in [0, 0.05) is 0 Å². The van der Waals surface area contributed by atoms with Crippen LogP contribution in [0.4, 0.5) is 13.2 Å². The Balaban J connectivity index is 3.50. The van der Waals surface area contributed by atoms with Gasteiger partial charge < -0.3 is 5.73 Å². The van der Waals surface area contributed by atoms with Gasteiger partial charge in [-0.15, -0.1) is 0 Å². The number of hydrogen-bond donors (Lipinski definition) is 1. The fraction of sp³-hybridized carbons (Fsp3) is 1.00. The van der Waals surface area contributed by atoms with E-state index in [9.17, 15) is 13.2 Å². The topological polar surface area (TPSA) is 29.3 Å². The molecule has 15 heavy (non-hydrogen) atoms. The summed E-state index contributed by atoms with van der Waals surface area (Å²) in [4.78, 5) is 1.31. The van der Waals surface area contributed by atoms with E-state index in [-0.39, 0.29) is 0 Å². The molecule has 0 heterocycles. The number of hydrogen-bond acceptors (Lipinski definition) is 2. The Morgan fingerprint density at radius 2 is 1.87 bits per heavy atom. The second kappa shape index (κ2) is 7.06. The van der Waals surface area contributed by atoms with Crippen molar-refractivity contribution in [3.8, 4) is 0 Å². The van der Waals surface area contributed by atoms with Crippen LogP contribution in [-0.2, 0) is 0 Å². The van der Waals surface area contributed by atoms with Crippen LogP contribution < -0.4 is 5.73 Å². The quantitative estimate of drug-likeness (QED) is 0.721. The molecule has 0 radical (unpaired) electrons. The number of alkyl halides is 3. The highest BCUT2D eigenvalue weighted by Gasteiger charge is 2.28. The van der Waals surface area contributed by atoms with Crippen LogP contribution in [0.3, 0.4) is 0 Å². The molecule has 5 heteroatoms. The molecule has 1 atom stereocenters. The Bertz CT molecular complexity index is 159. The summed E-state index contributed by atoms with van der Waals surface area (Å²) in [6.45, 7) is 2.41. The molecular formula is C10H21F3N2. The second-order valence-electron chi connectivity index (χ2n) is 4.18. The molecule has 0 saturated heterocycles. The van der Waals surface area contributed by atoms with Gasteiger partial charge in [-0.2, -0.15) is 13.2 Å². The summed E-state index contributed by atoms with van der Waals surface area (Å²) in [7, 11) is 1.50. The molecule has 0 spiro atoms. The highest BCUT2D eigenvalue weighted by atomic mass is 19.4. The summed E-state index contributed by atoms with van der Waals surface area (Å²) in [6.07, 6.45) is -1.40. The van der Waals surface area contributed by atoms with Gasteiger partial charge in [0.1, 0.15) is 0 Å². The average Bonchev–Trinajstić information content (AvgIpc) is 2.00. The van der Waals surface area contributed by atoms with E-state index < -0.39 is 12.7 Å². The first-order valence-electron chi connectivity index (χ1n) is 5.30. The molecule has 0 aliphatic rings. The first-order valence-corrected chi connectivity index (χ1v) is 5.30. The Morgan fingerprint density at radius 1 is 1.27 bits per heavy atom. The van der Waals surface area contributed by atoms with Crippen molar-refractivity contribution in [3.63, 3.8) is 0 Å². The Labute approximate surface area is 89.6 Å². The van der Waals surface area contributed by atoms with E-state index in [2.05, 4.69) is 6.92 Å². The predicted molar refractivity (Wildman–Crippen MR) is 55.6 cm³/mol. The Hall–Kier alpha value is -0.290. The fourth-order valence-corrected chi connectivity index (χ4v) is 1.52. The van der Waals surface area contributed by atoms with E-state index in [0.29, 0.717) is 19.0 Å². The largest absolute Gasteiger partial charge is 0.401 e. The highest BCUT2D eigenvalue weighted by molar-refractivity contribution is 4.60. The number of halogens is 3. The van der Waals surface area contributed by atoms with Crippen molar-refractivity contribution < 1.29 is 13.2 Å². The van der Waals surface area contributed by atoms with Crippen molar-refractivity contribution in [1.82, 2.24) is 4.90 Å². The van der Waals surface area contributed by atoms with Crippen molar-refractivity contribution in [3.05, 3.63) is 0 Å². The molecule has 2 nitrogen and oxygen atoms in total. The van der Waals surface area contributed by atoms with Crippen molar-refractivity contribution >= 4 is 0 Å². The van der Waals surface area contributed by atoms with E-state index in [1.165, 1.54) is 11.9 Å². The molecule has 0 saturated carbocycles. The molecule has 0 bridgehead atoms. The van der Waals surface area contributed by atoms with Crippen LogP contribution in [0.15, 0.2) is 0 Å². The van der Waals surface area contributed by atoms with Gasteiger partial charge in [-0.1, -0.05) is 6.92 Å². The molecule has 0 rings (SSSR count). The van der Waals surface area contributed by atoms with Gasteiger partial charge in [0.25, 0.3) is 0 Å². The van der Waals surface area contributed by atoms with Crippen molar-refractivity contribution in [2.75, 3.05) is 26.7 Å². The minimum atomic E-state index is -4.09. The van der Waals surface area contributed by atoms with Gasteiger partial charge in [-0.3, -0.25) is 4.90 Å². The number of nitrogens with zero attached hydrogens (tertiary/aromatic N) is 1. The summed E-state index contributed by atoms with van der Waals surface area (Å²) >= 11 is 0. The monoisotopic (exact) mass is 226 g/mol. The summed E-state index contributed by atoms with van der Waals surface area (Å²) in [5, 5.41) is 0. The van der Waals surface area contributed by atoms with Crippen molar-refractivity contribution in [2.24, 2.45) is 11.7 Å². The van der Waals surface area contributed by atoms with Crippen LogP contribution in [0, 0.1) is 5.92 Å². The van der Waals surface area contributed by atoms with Crippen molar-refractivity contribution in [1.29, 1.82) is 0 Å². The fourth-order valence-electron chi connectivity index (χ4n) is 1.52. The van der Waals surface area contributed by atoms with E-state index in [1.54, 1.807) is 0 Å².